The van der Waals surface area contributed by atoms with E-state index in [-0.39, 0.29) is 93.4 Å². The van der Waals surface area contributed by atoms with Gasteiger partial charge in [0, 0.05) is 54.5 Å². The van der Waals surface area contributed by atoms with Gasteiger partial charge in [-0.2, -0.15) is 0 Å². The van der Waals surface area contributed by atoms with Gasteiger partial charge in [0.2, 0.25) is 0 Å². The molecular weight excluding hydrogens is 960 g/mol. The molecule has 18 heteroatoms. The molecule has 0 aromatic heterocycles. The van der Waals surface area contributed by atoms with Crippen molar-refractivity contribution >= 4 is 23.7 Å². The predicted molar refractivity (Wildman–Crippen MR) is 271 cm³/mol. The molecule has 0 aromatic rings. The van der Waals surface area contributed by atoms with Crippen LogP contribution >= 0.6 is 0 Å². The third-order valence-corrected chi connectivity index (χ3v) is 19.1. The van der Waals surface area contributed by atoms with E-state index in [0.717, 1.165) is 0 Å². The summed E-state index contributed by atoms with van der Waals surface area (Å²) in [6.45, 7) is 19.2. The fourth-order valence-electron chi connectivity index (χ4n) is 14.8. The Morgan fingerprint density at radius 2 is 1.62 bits per heavy atom. The van der Waals surface area contributed by atoms with Crippen molar-refractivity contribution in [3.63, 3.8) is 0 Å². The number of fused-ring (bicyclic) bond motifs is 5. The molecule has 0 amide bonds. The summed E-state index contributed by atoms with van der Waals surface area (Å²) in [6.07, 6.45) is -3.77. The largest absolute Gasteiger partial charge is 0.464 e. The van der Waals surface area contributed by atoms with Crippen LogP contribution in [-0.2, 0) is 42.9 Å². The summed E-state index contributed by atoms with van der Waals surface area (Å²) in [4.78, 5) is 57.7. The molecule has 2 aliphatic heterocycles. The highest BCUT2D eigenvalue weighted by Gasteiger charge is 2.72. The van der Waals surface area contributed by atoms with Gasteiger partial charge in [-0.1, -0.05) is 47.6 Å². The first-order chi connectivity index (χ1) is 34.3. The minimum Gasteiger partial charge on any atom is -0.464 e. The second kappa shape index (κ2) is 22.8. The summed E-state index contributed by atoms with van der Waals surface area (Å²) in [5, 5.41) is 71.7. The molecule has 6 rings (SSSR count). The van der Waals surface area contributed by atoms with Gasteiger partial charge < -0.3 is 64.1 Å². The summed E-state index contributed by atoms with van der Waals surface area (Å²) in [5.41, 5.74) is -7.06. The molecule has 2 saturated carbocycles. The Morgan fingerprint density at radius 3 is 2.26 bits per heavy atom. The predicted octanol–water partition coefficient (Wildman–Crippen LogP) is 4.79. The molecular formula is C56H91FN2O15. The number of aliphatic hydroxyl groups excluding tert-OH is 3. The lowest BCUT2D eigenvalue weighted by Gasteiger charge is -2.58. The van der Waals surface area contributed by atoms with Crippen molar-refractivity contribution in [2.24, 2.45) is 52.3 Å². The molecule has 6 N–H and O–H groups in total. The van der Waals surface area contributed by atoms with Crippen molar-refractivity contribution in [3.8, 4) is 0 Å². The molecule has 0 spiro atoms. The molecule has 4 aliphatic carbocycles. The smallest absolute Gasteiger partial charge is 0.338 e. The fourth-order valence-corrected chi connectivity index (χ4v) is 14.8. The van der Waals surface area contributed by atoms with Crippen LogP contribution in [0.15, 0.2) is 23.6 Å². The maximum absolute atomic E-state index is 15.9. The minimum absolute atomic E-state index is 0.0205. The first-order valence-corrected chi connectivity index (χ1v) is 27.3. The number of nitrogens with zero attached hydrogens (tertiary/aromatic N) is 2. The van der Waals surface area contributed by atoms with E-state index in [4.69, 9.17) is 23.7 Å². The molecule has 74 heavy (non-hydrogen) atoms. The second-order valence-electron chi connectivity index (χ2n) is 24.9. The number of hydrogen-bond donors (Lipinski definition) is 6. The zero-order valence-electron chi connectivity index (χ0n) is 46.6. The molecule has 6 aliphatic rings. The second-order valence-corrected chi connectivity index (χ2v) is 24.9. The molecule has 0 bridgehead atoms. The topological polar surface area (TPSA) is 242 Å². The maximum atomic E-state index is 15.9. The quantitative estimate of drug-likeness (QED) is 0.0926. The summed E-state index contributed by atoms with van der Waals surface area (Å²) in [5.74, 6) is -6.73. The number of carbonyl (C=O) groups is 4. The van der Waals surface area contributed by atoms with E-state index >= 15 is 4.39 Å². The van der Waals surface area contributed by atoms with Crippen LogP contribution < -0.4 is 0 Å². The van der Waals surface area contributed by atoms with Gasteiger partial charge in [0.05, 0.1) is 48.6 Å². The van der Waals surface area contributed by atoms with Gasteiger partial charge in [-0.3, -0.25) is 14.4 Å². The zero-order valence-corrected chi connectivity index (χ0v) is 46.6. The average Bonchev–Trinajstić information content (AvgIpc) is 3.52. The lowest BCUT2D eigenvalue weighted by atomic mass is 9.47. The summed E-state index contributed by atoms with van der Waals surface area (Å²) >= 11 is 0. The normalized spacial score (nSPS) is 46.7. The van der Waals surface area contributed by atoms with Crippen LogP contribution in [0.1, 0.15) is 140 Å². The van der Waals surface area contributed by atoms with Crippen molar-refractivity contribution in [1.82, 2.24) is 9.80 Å². The van der Waals surface area contributed by atoms with E-state index in [9.17, 15) is 49.8 Å². The van der Waals surface area contributed by atoms with Crippen molar-refractivity contribution < 1.29 is 77.9 Å². The van der Waals surface area contributed by atoms with E-state index in [2.05, 4.69) is 0 Å². The van der Waals surface area contributed by atoms with Crippen LogP contribution in [0.3, 0.4) is 0 Å². The van der Waals surface area contributed by atoms with E-state index in [1.165, 1.54) is 19.9 Å². The van der Waals surface area contributed by atoms with E-state index in [1.54, 1.807) is 54.7 Å². The summed E-state index contributed by atoms with van der Waals surface area (Å²) in [6, 6.07) is -0.996. The van der Waals surface area contributed by atoms with Gasteiger partial charge >= 0.3 is 17.9 Å². The summed E-state index contributed by atoms with van der Waals surface area (Å²) < 4.78 is 46.9. The molecule has 2 saturated heterocycles. The van der Waals surface area contributed by atoms with Crippen LogP contribution in [0.5, 0.6) is 0 Å². The van der Waals surface area contributed by atoms with Crippen LogP contribution in [0.25, 0.3) is 0 Å². The lowest BCUT2D eigenvalue weighted by Crippen LogP contribution is -2.62. The number of ketones is 1. The van der Waals surface area contributed by atoms with Crippen LogP contribution in [0.4, 0.5) is 4.39 Å². The standard InChI is InChI=1S/C56H91FN2O15/c1-15-42-55(11,68)47(64)34(7)59(14)28-29(2)26-54(10,67)48(32(5)45(63)33(6)49(65)72-42)74-50-46(40(58(12)13)23-31(4)71-50)73-43(62)18-16-17-21-70-51(66)56(69)30(3)22-37-36-25-39(57)38-24-35(60)19-20-52(38,8)44(36)41(61)27-53(37,56)9/h19-20,29-34,36-37,40-42,44-48,50,61,63-64,67-69H,15-18,21-28H2,1-14H3/t29-,30-,31-,32+,33-,34-,36?,37?,40-,41+,42-,44?,45+,46-,47-,48?,50+,52+,53+,54-,55-,56+/m1/s1. The zero-order chi connectivity index (χ0) is 55.4. The number of carbonyl (C=O) groups excluding carboxylic acids is 4. The molecule has 422 valence electrons. The van der Waals surface area contributed by atoms with Crippen molar-refractivity contribution in [1.29, 1.82) is 0 Å². The molecule has 4 fully saturated rings. The Bertz CT molecular complexity index is 2100. The molecule has 0 aromatic carbocycles. The first kappa shape index (κ1) is 60.3. The molecule has 4 unspecified atom stereocenters. The highest BCUT2D eigenvalue weighted by atomic mass is 19.1. The molecule has 0 radical (unpaired) electrons. The molecule has 17 nitrogen and oxygen atoms in total. The SMILES string of the molecule is CC[C@H]1OC(=O)[C@H](C)[C@@H](O)[C@H](C)C(O[C@@H]2O[C@H](C)C[C@@H](N(C)C)[C@H]2OC(=O)CCCCOC(=O)[C@@]2(O)[C@H](C)CC3C4CC(F)=C5CC(=O)C=C[C@]5(C)C4[C@@H](O)C[C@@]32C)[C@](C)(O)C[C@@H](C)CN(C)[C@H](C)[C@@H](O)[C@]1(C)O. The number of esters is 3. The Balaban J connectivity index is 1.13. The highest BCUT2D eigenvalue weighted by molar-refractivity contribution is 5.93. The van der Waals surface area contributed by atoms with Crippen molar-refractivity contribution in [3.05, 3.63) is 23.6 Å². The molecule has 2 heterocycles. The van der Waals surface area contributed by atoms with E-state index in [1.807, 2.05) is 44.7 Å². The van der Waals surface area contributed by atoms with Crippen molar-refractivity contribution in [2.45, 2.75) is 218 Å². The van der Waals surface area contributed by atoms with E-state index in [0.29, 0.717) is 25.0 Å². The van der Waals surface area contributed by atoms with Crippen LogP contribution in [0, 0.1) is 52.3 Å². The van der Waals surface area contributed by atoms with Crippen LogP contribution in [-0.4, -0.2) is 176 Å². The number of aliphatic hydroxyl groups is 6. The Kier molecular flexibility index (Phi) is 18.6. The Hall–Kier alpha value is -2.91. The number of cyclic esters (lactones) is 1. The third-order valence-electron chi connectivity index (χ3n) is 19.1. The molecule has 22 atom stereocenters. The number of allylic oxidation sites excluding steroid dienone is 4. The van der Waals surface area contributed by atoms with Gasteiger partial charge in [0.25, 0.3) is 0 Å². The van der Waals surface area contributed by atoms with Gasteiger partial charge in [-0.05, 0) is 136 Å². The number of halogens is 1. The van der Waals surface area contributed by atoms with Crippen LogP contribution in [0.2, 0.25) is 0 Å². The third kappa shape index (κ3) is 11.3. The highest BCUT2D eigenvalue weighted by Crippen LogP contribution is 2.68. The van der Waals surface area contributed by atoms with Gasteiger partial charge in [0.15, 0.2) is 23.8 Å². The summed E-state index contributed by atoms with van der Waals surface area (Å²) in [7, 11) is 5.49. The number of rotatable bonds is 11. The van der Waals surface area contributed by atoms with E-state index < -0.39 is 124 Å². The number of ether oxygens (including phenoxy) is 5. The number of likely N-dealkylation sites (N-methyl/N-ethyl adjacent to an activating group) is 2. The fraction of sp³-hybridized carbons (Fsp3) is 0.857. The van der Waals surface area contributed by atoms with Crippen molar-refractivity contribution in [2.75, 3.05) is 34.3 Å². The maximum Gasteiger partial charge on any atom is 0.338 e. The Labute approximate surface area is 438 Å². The lowest BCUT2D eigenvalue weighted by molar-refractivity contribution is -0.301. The van der Waals surface area contributed by atoms with Gasteiger partial charge in [0.1, 0.15) is 23.6 Å². The minimum atomic E-state index is -1.97. The number of hydrogen-bond acceptors (Lipinski definition) is 17. The number of unbranched alkanes of at least 4 members (excludes halogenated alkanes) is 1. The first-order valence-electron chi connectivity index (χ1n) is 27.3. The van der Waals surface area contributed by atoms with Gasteiger partial charge in [-0.25, -0.2) is 9.18 Å². The van der Waals surface area contributed by atoms with Gasteiger partial charge in [-0.15, -0.1) is 0 Å². The monoisotopic (exact) mass is 1050 g/mol. The average molecular weight is 1050 g/mol. The Morgan fingerprint density at radius 1 is 0.959 bits per heavy atom.